The van der Waals surface area contributed by atoms with Crippen LogP contribution in [-0.2, 0) is 28.6 Å². The number of carbonyl (C=O) groups excluding carboxylic acids is 3. The lowest BCUT2D eigenvalue weighted by Gasteiger charge is -2.18. The van der Waals surface area contributed by atoms with Crippen molar-refractivity contribution in [2.45, 2.75) is 348 Å². The summed E-state index contributed by atoms with van der Waals surface area (Å²) in [5.74, 6) is -0.868. The summed E-state index contributed by atoms with van der Waals surface area (Å²) in [5, 5.41) is 0. The summed E-state index contributed by atoms with van der Waals surface area (Å²) in [5.41, 5.74) is 0. The molecule has 0 aromatic heterocycles. The van der Waals surface area contributed by atoms with Crippen molar-refractivity contribution in [3.8, 4) is 0 Å². The first-order chi connectivity index (χ1) is 39.0. The lowest BCUT2D eigenvalue weighted by molar-refractivity contribution is -0.167. The molecule has 0 spiro atoms. The molecular formula is C73H128O6. The number of carbonyl (C=O) groups is 3. The van der Waals surface area contributed by atoms with Gasteiger partial charge in [0.1, 0.15) is 13.2 Å². The molecule has 0 fully saturated rings. The first-order valence-corrected chi connectivity index (χ1v) is 34.1. The van der Waals surface area contributed by atoms with Gasteiger partial charge in [-0.2, -0.15) is 0 Å². The number of rotatable bonds is 62. The third-order valence-electron chi connectivity index (χ3n) is 14.9. The molecule has 456 valence electrons. The van der Waals surface area contributed by atoms with Gasteiger partial charge < -0.3 is 14.2 Å². The largest absolute Gasteiger partial charge is 0.462 e. The Morgan fingerprint density at radius 1 is 0.266 bits per heavy atom. The Bertz CT molecular complexity index is 1500. The molecule has 0 rings (SSSR count). The SMILES string of the molecule is CC/C=C\C/C=C\C/C=C\C/C=C\CCCCCCCCCCCCC(=O)OC(COC(=O)CCCCCCCCCCCC/C=C\C/C=C\C/C=C\CCCCCCC)COC(=O)CCCCCCCCCCCCCCC. The molecular weight excluding hydrogens is 973 g/mol. The summed E-state index contributed by atoms with van der Waals surface area (Å²) >= 11 is 0. The molecule has 0 bridgehead atoms. The van der Waals surface area contributed by atoms with E-state index in [1.54, 1.807) is 0 Å². The first kappa shape index (κ1) is 75.6. The number of ether oxygens (including phenoxy) is 3. The molecule has 0 saturated heterocycles. The molecule has 1 unspecified atom stereocenters. The number of hydrogen-bond donors (Lipinski definition) is 0. The van der Waals surface area contributed by atoms with Gasteiger partial charge in [0, 0.05) is 19.3 Å². The van der Waals surface area contributed by atoms with Crippen LogP contribution < -0.4 is 0 Å². The third kappa shape index (κ3) is 65.3. The number of allylic oxidation sites excluding steroid dienone is 14. The highest BCUT2D eigenvalue weighted by Gasteiger charge is 2.19. The Morgan fingerprint density at radius 2 is 0.494 bits per heavy atom. The topological polar surface area (TPSA) is 78.9 Å². The van der Waals surface area contributed by atoms with E-state index < -0.39 is 6.10 Å². The van der Waals surface area contributed by atoms with Crippen LogP contribution in [0.25, 0.3) is 0 Å². The maximum absolute atomic E-state index is 12.9. The lowest BCUT2D eigenvalue weighted by atomic mass is 10.0. The van der Waals surface area contributed by atoms with Gasteiger partial charge in [-0.05, 0) is 96.3 Å². The molecule has 0 heterocycles. The van der Waals surface area contributed by atoms with Gasteiger partial charge in [0.2, 0.25) is 0 Å². The van der Waals surface area contributed by atoms with Gasteiger partial charge >= 0.3 is 17.9 Å². The molecule has 6 heteroatoms. The van der Waals surface area contributed by atoms with E-state index in [1.165, 1.54) is 205 Å². The monoisotopic (exact) mass is 1100 g/mol. The summed E-state index contributed by atoms with van der Waals surface area (Å²) < 4.78 is 17.0. The van der Waals surface area contributed by atoms with Gasteiger partial charge in [-0.3, -0.25) is 14.4 Å². The fourth-order valence-electron chi connectivity index (χ4n) is 9.80. The molecule has 0 N–H and O–H groups in total. The molecule has 0 saturated carbocycles. The quantitative estimate of drug-likeness (QED) is 0.0261. The van der Waals surface area contributed by atoms with Crippen molar-refractivity contribution in [1.82, 2.24) is 0 Å². The van der Waals surface area contributed by atoms with Crippen molar-refractivity contribution in [3.63, 3.8) is 0 Å². The second-order valence-electron chi connectivity index (χ2n) is 22.7. The fraction of sp³-hybridized carbons (Fsp3) is 0.767. The zero-order chi connectivity index (χ0) is 57.1. The van der Waals surface area contributed by atoms with Crippen LogP contribution in [0.4, 0.5) is 0 Å². The smallest absolute Gasteiger partial charge is 0.306 e. The summed E-state index contributed by atoms with van der Waals surface area (Å²) in [4.78, 5) is 38.4. The van der Waals surface area contributed by atoms with Crippen molar-refractivity contribution in [3.05, 3.63) is 85.1 Å². The molecule has 1 atom stereocenters. The van der Waals surface area contributed by atoms with Gasteiger partial charge in [-0.15, -0.1) is 0 Å². The van der Waals surface area contributed by atoms with E-state index in [9.17, 15) is 14.4 Å². The van der Waals surface area contributed by atoms with E-state index in [4.69, 9.17) is 14.2 Å². The second kappa shape index (κ2) is 67.1. The standard InChI is InChI=1S/C73H128O6/c1-4-7-10-13-16-19-22-25-27-29-31-33-35-36-38-39-41-43-45-48-51-54-57-60-63-66-72(75)78-69-70(68-77-71(74)65-62-59-56-53-50-47-24-21-18-15-12-9-6-3)79-73(76)67-64-61-58-55-52-49-46-44-42-40-37-34-32-30-28-26-23-20-17-14-11-8-5-2/h8,11,17,20,22,25-26,28-29,31-32,34-36,70H,4-7,9-10,12-16,18-19,21,23-24,27,30,33,37-69H2,1-3H3/b11-8-,20-17-,25-22-,28-26-,31-29-,34-32-,36-35-. The number of esters is 3. The van der Waals surface area contributed by atoms with Crippen molar-refractivity contribution >= 4 is 17.9 Å². The van der Waals surface area contributed by atoms with Crippen LogP contribution in [-0.4, -0.2) is 37.2 Å². The van der Waals surface area contributed by atoms with Crippen molar-refractivity contribution in [2.75, 3.05) is 13.2 Å². The van der Waals surface area contributed by atoms with Crippen LogP contribution in [0.2, 0.25) is 0 Å². The van der Waals surface area contributed by atoms with Crippen LogP contribution in [0, 0.1) is 0 Å². The predicted octanol–water partition coefficient (Wildman–Crippen LogP) is 23.4. The average molecular weight is 1100 g/mol. The number of hydrogen-bond acceptors (Lipinski definition) is 6. The number of unbranched alkanes of at least 4 members (excludes halogenated alkanes) is 37. The van der Waals surface area contributed by atoms with Gasteiger partial charge in [0.15, 0.2) is 6.10 Å². The zero-order valence-electron chi connectivity index (χ0n) is 52.4. The summed E-state index contributed by atoms with van der Waals surface area (Å²) in [6.45, 7) is 6.55. The van der Waals surface area contributed by atoms with Crippen LogP contribution >= 0.6 is 0 Å². The highest BCUT2D eigenvalue weighted by Crippen LogP contribution is 2.17. The van der Waals surface area contributed by atoms with Crippen LogP contribution in [0.3, 0.4) is 0 Å². The summed E-state index contributed by atoms with van der Waals surface area (Å²) in [6.07, 6.45) is 88.8. The molecule has 6 nitrogen and oxygen atoms in total. The van der Waals surface area contributed by atoms with E-state index in [1.807, 2.05) is 0 Å². The van der Waals surface area contributed by atoms with E-state index >= 15 is 0 Å². The van der Waals surface area contributed by atoms with E-state index in [-0.39, 0.29) is 31.1 Å². The first-order valence-electron chi connectivity index (χ1n) is 34.1. The second-order valence-corrected chi connectivity index (χ2v) is 22.7. The van der Waals surface area contributed by atoms with Crippen LogP contribution in [0.15, 0.2) is 85.1 Å². The fourth-order valence-corrected chi connectivity index (χ4v) is 9.80. The maximum Gasteiger partial charge on any atom is 0.306 e. The van der Waals surface area contributed by atoms with Crippen molar-refractivity contribution < 1.29 is 28.6 Å². The average Bonchev–Trinajstić information content (AvgIpc) is 3.45. The molecule has 0 aliphatic rings. The molecule has 0 aliphatic carbocycles. The molecule has 0 aliphatic heterocycles. The molecule has 0 amide bonds. The Balaban J connectivity index is 4.31. The van der Waals surface area contributed by atoms with Crippen molar-refractivity contribution in [2.24, 2.45) is 0 Å². The van der Waals surface area contributed by atoms with Crippen LogP contribution in [0.5, 0.6) is 0 Å². The van der Waals surface area contributed by atoms with E-state index in [0.29, 0.717) is 19.3 Å². The van der Waals surface area contributed by atoms with Crippen molar-refractivity contribution in [1.29, 1.82) is 0 Å². The normalized spacial score (nSPS) is 12.6. The van der Waals surface area contributed by atoms with Gasteiger partial charge in [-0.25, -0.2) is 0 Å². The highest BCUT2D eigenvalue weighted by molar-refractivity contribution is 5.71. The maximum atomic E-state index is 12.9. The summed E-state index contributed by atoms with van der Waals surface area (Å²) in [7, 11) is 0. The van der Waals surface area contributed by atoms with Crippen LogP contribution in [0.1, 0.15) is 342 Å². The van der Waals surface area contributed by atoms with Gasteiger partial charge in [0.25, 0.3) is 0 Å². The Labute approximate surface area is 490 Å². The summed E-state index contributed by atoms with van der Waals surface area (Å²) in [6, 6.07) is 0. The van der Waals surface area contributed by atoms with Gasteiger partial charge in [-0.1, -0.05) is 311 Å². The minimum absolute atomic E-state index is 0.0760. The minimum atomic E-state index is -0.781. The van der Waals surface area contributed by atoms with E-state index in [2.05, 4.69) is 106 Å². The third-order valence-corrected chi connectivity index (χ3v) is 14.9. The molecule has 0 aromatic carbocycles. The lowest BCUT2D eigenvalue weighted by Crippen LogP contribution is -2.30. The highest BCUT2D eigenvalue weighted by atomic mass is 16.6. The van der Waals surface area contributed by atoms with E-state index in [0.717, 1.165) is 96.3 Å². The Morgan fingerprint density at radius 3 is 0.772 bits per heavy atom. The molecule has 0 aromatic rings. The Kier molecular flexibility index (Phi) is 64.2. The minimum Gasteiger partial charge on any atom is -0.462 e. The molecule has 0 radical (unpaired) electrons. The molecule has 79 heavy (non-hydrogen) atoms. The van der Waals surface area contributed by atoms with Gasteiger partial charge in [0.05, 0.1) is 0 Å². The predicted molar refractivity (Wildman–Crippen MR) is 344 cm³/mol. The zero-order valence-corrected chi connectivity index (χ0v) is 52.4. The Hall–Kier alpha value is -3.41.